The fourth-order valence-corrected chi connectivity index (χ4v) is 2.63. The van der Waals surface area contributed by atoms with Gasteiger partial charge in [0.15, 0.2) is 12.0 Å². The Bertz CT molecular complexity index is 696. The number of halogens is 2. The number of fused-ring (bicyclic) bond motifs is 1. The number of nitrogens with zero attached hydrogens (tertiary/aromatic N) is 1. The van der Waals surface area contributed by atoms with Crippen LogP contribution >= 0.6 is 0 Å². The normalized spacial score (nSPS) is 37.7. The lowest BCUT2D eigenvalue weighted by Crippen LogP contribution is -2.38. The number of H-pyrrole nitrogens is 1. The maximum atomic E-state index is 14.4. The molecular formula is C12H14F2N2O5. The topological polar surface area (TPSA) is 82.6 Å². The number of aromatic nitrogens is 2. The van der Waals surface area contributed by atoms with Crippen molar-refractivity contribution in [2.45, 2.75) is 50.8 Å². The minimum Gasteiger partial charge on any atom is -0.340 e. The molecule has 0 aliphatic carbocycles. The van der Waals surface area contributed by atoms with Crippen LogP contribution in [0, 0.1) is 5.82 Å². The summed E-state index contributed by atoms with van der Waals surface area (Å²) in [4.78, 5) is 24.6. The summed E-state index contributed by atoms with van der Waals surface area (Å²) in [6.45, 7) is 4.33. The van der Waals surface area contributed by atoms with Crippen LogP contribution in [0.5, 0.6) is 0 Å². The first-order chi connectivity index (χ1) is 9.61. The average molecular weight is 304 g/mol. The Morgan fingerprint density at radius 3 is 2.57 bits per heavy atom. The number of ether oxygens (including phenoxy) is 3. The molecule has 7 nitrogen and oxygen atoms in total. The first-order valence-corrected chi connectivity index (χ1v) is 6.34. The van der Waals surface area contributed by atoms with E-state index in [0.29, 0.717) is 6.20 Å². The Morgan fingerprint density at radius 2 is 1.90 bits per heavy atom. The number of nitrogens with one attached hydrogen (secondary N) is 1. The van der Waals surface area contributed by atoms with Crippen molar-refractivity contribution >= 4 is 0 Å². The standard InChI is InChI=1S/C12H14F2N2O5/c1-11(2)19-6-7(20-11)12(3,14)21-9(6)16-4-5(13)8(17)15-10(16)18/h4,6-7,9H,1-3H3,(H,15,17,18). The molecule has 4 atom stereocenters. The van der Waals surface area contributed by atoms with Gasteiger partial charge in [0.2, 0.25) is 11.7 Å². The second kappa shape index (κ2) is 4.21. The third-order valence-electron chi connectivity index (χ3n) is 3.47. The van der Waals surface area contributed by atoms with Crippen molar-refractivity contribution in [3.05, 3.63) is 32.9 Å². The van der Waals surface area contributed by atoms with Gasteiger partial charge in [-0.2, -0.15) is 4.39 Å². The summed E-state index contributed by atoms with van der Waals surface area (Å²) in [6, 6.07) is 0. The molecule has 0 bridgehead atoms. The van der Waals surface area contributed by atoms with Gasteiger partial charge in [0.05, 0.1) is 6.20 Å². The number of hydrogen-bond acceptors (Lipinski definition) is 5. The van der Waals surface area contributed by atoms with E-state index in [1.54, 1.807) is 18.8 Å². The second-order valence-corrected chi connectivity index (χ2v) is 5.66. The summed E-state index contributed by atoms with van der Waals surface area (Å²) in [6.07, 6.45) is -2.60. The van der Waals surface area contributed by atoms with Crippen LogP contribution in [-0.4, -0.2) is 33.4 Å². The Morgan fingerprint density at radius 1 is 1.24 bits per heavy atom. The molecule has 3 rings (SSSR count). The van der Waals surface area contributed by atoms with Crippen molar-refractivity contribution < 1.29 is 23.0 Å². The van der Waals surface area contributed by atoms with Gasteiger partial charge >= 0.3 is 5.69 Å². The Labute approximate surface area is 117 Å². The van der Waals surface area contributed by atoms with Crippen molar-refractivity contribution in [2.75, 3.05) is 0 Å². The van der Waals surface area contributed by atoms with Crippen molar-refractivity contribution in [3.63, 3.8) is 0 Å². The third kappa shape index (κ3) is 2.21. The molecule has 1 N–H and O–H groups in total. The van der Waals surface area contributed by atoms with E-state index in [4.69, 9.17) is 14.2 Å². The highest BCUT2D eigenvalue weighted by atomic mass is 19.2. The second-order valence-electron chi connectivity index (χ2n) is 5.66. The highest BCUT2D eigenvalue weighted by Gasteiger charge is 2.62. The molecule has 2 saturated heterocycles. The van der Waals surface area contributed by atoms with E-state index in [1.807, 2.05) is 0 Å². The molecule has 9 heteroatoms. The summed E-state index contributed by atoms with van der Waals surface area (Å²) in [7, 11) is 0. The number of hydrogen-bond donors (Lipinski definition) is 1. The average Bonchev–Trinajstić information content (AvgIpc) is 2.78. The molecule has 116 valence electrons. The summed E-state index contributed by atoms with van der Waals surface area (Å²) in [5.74, 6) is -4.45. The van der Waals surface area contributed by atoms with Gasteiger partial charge in [0.25, 0.3) is 5.56 Å². The highest BCUT2D eigenvalue weighted by Crippen LogP contribution is 2.48. The Hall–Kier alpha value is -1.58. The summed E-state index contributed by atoms with van der Waals surface area (Å²) in [5.41, 5.74) is -2.08. The van der Waals surface area contributed by atoms with E-state index in [2.05, 4.69) is 0 Å². The minimum absolute atomic E-state index is 0.666. The predicted octanol–water partition coefficient (Wildman–Crippen LogP) is 0.410. The summed E-state index contributed by atoms with van der Waals surface area (Å²) >= 11 is 0. The van der Waals surface area contributed by atoms with E-state index in [0.717, 1.165) is 11.5 Å². The molecule has 3 heterocycles. The van der Waals surface area contributed by atoms with Gasteiger partial charge < -0.3 is 14.2 Å². The van der Waals surface area contributed by atoms with E-state index >= 15 is 0 Å². The van der Waals surface area contributed by atoms with Crippen molar-refractivity contribution in [1.29, 1.82) is 0 Å². The molecule has 2 fully saturated rings. The molecule has 0 saturated carbocycles. The van der Waals surface area contributed by atoms with E-state index < -0.39 is 47.1 Å². The molecular weight excluding hydrogens is 290 g/mol. The van der Waals surface area contributed by atoms with Crippen LogP contribution in [0.2, 0.25) is 0 Å². The van der Waals surface area contributed by atoms with Crippen molar-refractivity contribution in [3.8, 4) is 0 Å². The van der Waals surface area contributed by atoms with Crippen LogP contribution < -0.4 is 11.2 Å². The first-order valence-electron chi connectivity index (χ1n) is 6.34. The van der Waals surface area contributed by atoms with Gasteiger partial charge in [-0.1, -0.05) is 0 Å². The lowest BCUT2D eigenvalue weighted by molar-refractivity contribution is -0.249. The summed E-state index contributed by atoms with van der Waals surface area (Å²) in [5, 5.41) is 0. The number of rotatable bonds is 1. The molecule has 0 amide bonds. The van der Waals surface area contributed by atoms with Gasteiger partial charge in [0.1, 0.15) is 12.2 Å². The van der Waals surface area contributed by atoms with Crippen LogP contribution in [0.4, 0.5) is 8.78 Å². The highest BCUT2D eigenvalue weighted by molar-refractivity contribution is 5.01. The van der Waals surface area contributed by atoms with Gasteiger partial charge in [-0.05, 0) is 20.8 Å². The zero-order chi connectivity index (χ0) is 15.6. The maximum Gasteiger partial charge on any atom is 0.330 e. The quantitative estimate of drug-likeness (QED) is 0.812. The van der Waals surface area contributed by atoms with Crippen LogP contribution in [-0.2, 0) is 14.2 Å². The number of alkyl halides is 1. The fraction of sp³-hybridized carbons (Fsp3) is 0.667. The monoisotopic (exact) mass is 304 g/mol. The SMILES string of the molecule is CC1(C)OC2C(n3cc(F)c(=O)[nH]c3=O)OC(C)(F)C2O1. The van der Waals surface area contributed by atoms with Crippen LogP contribution in [0.1, 0.15) is 27.0 Å². The Kier molecular flexibility index (Phi) is 2.88. The molecule has 0 radical (unpaired) electrons. The maximum absolute atomic E-state index is 14.4. The number of aromatic amines is 1. The van der Waals surface area contributed by atoms with E-state index in [1.165, 1.54) is 0 Å². The minimum atomic E-state index is -2.21. The molecule has 0 aromatic carbocycles. The van der Waals surface area contributed by atoms with Gasteiger partial charge in [-0.15, -0.1) is 0 Å². The summed E-state index contributed by atoms with van der Waals surface area (Å²) < 4.78 is 44.7. The predicted molar refractivity (Wildman–Crippen MR) is 64.7 cm³/mol. The molecule has 1 aromatic rings. The molecule has 1 aromatic heterocycles. The molecule has 21 heavy (non-hydrogen) atoms. The molecule has 2 aliphatic rings. The first kappa shape index (κ1) is 14.4. The van der Waals surface area contributed by atoms with Crippen LogP contribution in [0.25, 0.3) is 0 Å². The molecule has 4 unspecified atom stereocenters. The van der Waals surface area contributed by atoms with Crippen molar-refractivity contribution in [1.82, 2.24) is 9.55 Å². The molecule has 0 spiro atoms. The van der Waals surface area contributed by atoms with Gasteiger partial charge in [-0.25, -0.2) is 9.18 Å². The zero-order valence-electron chi connectivity index (χ0n) is 11.6. The third-order valence-corrected chi connectivity index (χ3v) is 3.47. The van der Waals surface area contributed by atoms with Gasteiger partial charge in [0, 0.05) is 0 Å². The van der Waals surface area contributed by atoms with Gasteiger partial charge in [-0.3, -0.25) is 14.3 Å². The fourth-order valence-electron chi connectivity index (χ4n) is 2.63. The van der Waals surface area contributed by atoms with E-state index in [-0.39, 0.29) is 0 Å². The van der Waals surface area contributed by atoms with E-state index in [9.17, 15) is 18.4 Å². The lowest BCUT2D eigenvalue weighted by atomic mass is 10.1. The smallest absolute Gasteiger partial charge is 0.330 e. The van der Waals surface area contributed by atoms with Crippen LogP contribution in [0.15, 0.2) is 15.8 Å². The largest absolute Gasteiger partial charge is 0.340 e. The molecule has 2 aliphatic heterocycles. The van der Waals surface area contributed by atoms with Crippen molar-refractivity contribution in [2.24, 2.45) is 0 Å². The Balaban J connectivity index is 2.06. The van der Waals surface area contributed by atoms with Crippen LogP contribution in [0.3, 0.4) is 0 Å². The zero-order valence-corrected chi connectivity index (χ0v) is 11.6. The lowest BCUT2D eigenvalue weighted by Gasteiger charge is -2.26.